The fourth-order valence-electron chi connectivity index (χ4n) is 3.05. The average molecular weight is 400 g/mol. The Balaban J connectivity index is 0.000000234. The van der Waals surface area contributed by atoms with Crippen LogP contribution < -0.4 is 16.4 Å². The van der Waals surface area contributed by atoms with Gasteiger partial charge >= 0.3 is 6.03 Å². The summed E-state index contributed by atoms with van der Waals surface area (Å²) < 4.78 is 13.4. The normalized spacial score (nSPS) is 13.8. The van der Waals surface area contributed by atoms with Crippen molar-refractivity contribution in [3.05, 3.63) is 66.0 Å². The number of carbonyl (C=O) groups is 2. The van der Waals surface area contributed by atoms with Gasteiger partial charge in [-0.2, -0.15) is 0 Å². The molecular weight excluding hydrogens is 371 g/mol. The largest absolute Gasteiger partial charge is 0.343 e. The van der Waals surface area contributed by atoms with Crippen LogP contribution in [0.4, 0.5) is 14.9 Å². The third kappa shape index (κ3) is 7.91. The summed E-state index contributed by atoms with van der Waals surface area (Å²) in [5.74, 6) is -0.155. The molecule has 0 bridgehead atoms. The lowest BCUT2D eigenvalue weighted by atomic mass is 10.0. The third-order valence-electron chi connectivity index (χ3n) is 4.59. The molecule has 0 radical (unpaired) electrons. The first-order chi connectivity index (χ1) is 14.0. The molecule has 156 valence electrons. The molecule has 1 heterocycles. The first-order valence-corrected chi connectivity index (χ1v) is 9.80. The lowest BCUT2D eigenvalue weighted by Gasteiger charge is -2.18. The molecule has 1 saturated heterocycles. The number of halogens is 1. The quantitative estimate of drug-likeness (QED) is 0.721. The molecular formula is C22H29FN4O2. The number of rotatable bonds is 5. The highest BCUT2D eigenvalue weighted by Gasteiger charge is 2.20. The monoisotopic (exact) mass is 400 g/mol. The molecule has 4 N–H and O–H groups in total. The maximum atomic E-state index is 13.4. The van der Waals surface area contributed by atoms with Crippen LogP contribution in [0.15, 0.2) is 54.6 Å². The van der Waals surface area contributed by atoms with Crippen LogP contribution in [0.25, 0.3) is 0 Å². The summed E-state index contributed by atoms with van der Waals surface area (Å²) in [5, 5.41) is 5.10. The summed E-state index contributed by atoms with van der Waals surface area (Å²) in [5.41, 5.74) is 7.31. The van der Waals surface area contributed by atoms with Gasteiger partial charge in [-0.3, -0.25) is 4.79 Å². The van der Waals surface area contributed by atoms with E-state index in [-0.39, 0.29) is 23.8 Å². The van der Waals surface area contributed by atoms with Gasteiger partial charge in [0.25, 0.3) is 0 Å². The second-order valence-electron chi connectivity index (χ2n) is 6.92. The van der Waals surface area contributed by atoms with Crippen molar-refractivity contribution in [1.82, 2.24) is 10.2 Å². The fourth-order valence-corrected chi connectivity index (χ4v) is 3.05. The molecule has 3 rings (SSSR count). The average Bonchev–Trinajstić information content (AvgIpc) is 3.26. The molecule has 0 spiro atoms. The molecule has 2 aromatic rings. The molecule has 1 fully saturated rings. The summed E-state index contributed by atoms with van der Waals surface area (Å²) in [6.45, 7) is 1.68. The fraction of sp³-hybridized carbons (Fsp3) is 0.364. The highest BCUT2D eigenvalue weighted by atomic mass is 19.1. The number of likely N-dealkylation sites (tertiary alicyclic amines) is 1. The molecule has 1 atom stereocenters. The number of benzene rings is 2. The van der Waals surface area contributed by atoms with E-state index in [0.29, 0.717) is 18.4 Å². The van der Waals surface area contributed by atoms with Gasteiger partial charge in [0.1, 0.15) is 5.82 Å². The van der Waals surface area contributed by atoms with Crippen molar-refractivity contribution in [1.29, 1.82) is 0 Å². The minimum atomic E-state index is -0.310. The highest BCUT2D eigenvalue weighted by Crippen LogP contribution is 2.13. The van der Waals surface area contributed by atoms with Gasteiger partial charge in [-0.1, -0.05) is 36.4 Å². The van der Waals surface area contributed by atoms with Crippen LogP contribution in [0, 0.1) is 5.82 Å². The van der Waals surface area contributed by atoms with Crippen LogP contribution in [0.1, 0.15) is 24.8 Å². The smallest absolute Gasteiger partial charge is 0.318 e. The molecule has 3 amide bonds. The summed E-state index contributed by atoms with van der Waals surface area (Å²) in [6.07, 6.45) is 2.86. The van der Waals surface area contributed by atoms with Crippen molar-refractivity contribution in [2.24, 2.45) is 5.73 Å². The zero-order valence-corrected chi connectivity index (χ0v) is 16.7. The number of nitrogens with one attached hydrogen (secondary N) is 2. The lowest BCUT2D eigenvalue weighted by Crippen LogP contribution is -2.35. The minimum absolute atomic E-state index is 0.0938. The zero-order valence-electron chi connectivity index (χ0n) is 16.7. The summed E-state index contributed by atoms with van der Waals surface area (Å²) >= 11 is 0. The number of urea groups is 1. The van der Waals surface area contributed by atoms with Gasteiger partial charge < -0.3 is 21.3 Å². The number of anilines is 1. The molecule has 1 aliphatic rings. The van der Waals surface area contributed by atoms with E-state index in [4.69, 9.17) is 5.73 Å². The van der Waals surface area contributed by atoms with Crippen molar-refractivity contribution in [3.63, 3.8) is 0 Å². The van der Waals surface area contributed by atoms with E-state index in [1.165, 1.54) is 6.07 Å². The van der Waals surface area contributed by atoms with Crippen LogP contribution in [-0.2, 0) is 11.2 Å². The predicted octanol–water partition coefficient (Wildman–Crippen LogP) is 3.15. The van der Waals surface area contributed by atoms with E-state index in [2.05, 4.69) is 10.6 Å². The van der Waals surface area contributed by atoms with Crippen molar-refractivity contribution in [3.8, 4) is 0 Å². The number of amides is 3. The highest BCUT2D eigenvalue weighted by molar-refractivity contribution is 5.88. The Bertz CT molecular complexity index is 779. The van der Waals surface area contributed by atoms with Crippen molar-refractivity contribution < 1.29 is 14.0 Å². The second-order valence-corrected chi connectivity index (χ2v) is 6.92. The van der Waals surface area contributed by atoms with Crippen LogP contribution in [0.5, 0.6) is 0 Å². The predicted molar refractivity (Wildman–Crippen MR) is 113 cm³/mol. The molecule has 7 heteroatoms. The van der Waals surface area contributed by atoms with E-state index in [1.807, 2.05) is 35.2 Å². The van der Waals surface area contributed by atoms with Crippen LogP contribution in [-0.4, -0.2) is 43.0 Å². The summed E-state index contributed by atoms with van der Waals surface area (Å²) in [6, 6.07) is 15.4. The van der Waals surface area contributed by atoms with Gasteiger partial charge in [-0.25, -0.2) is 9.18 Å². The Morgan fingerprint density at radius 3 is 2.31 bits per heavy atom. The molecule has 0 unspecified atom stereocenters. The van der Waals surface area contributed by atoms with E-state index < -0.39 is 0 Å². The van der Waals surface area contributed by atoms with Crippen LogP contribution >= 0.6 is 0 Å². The second kappa shape index (κ2) is 11.8. The number of hydrogen-bond acceptors (Lipinski definition) is 3. The molecule has 0 aromatic heterocycles. The van der Waals surface area contributed by atoms with Crippen molar-refractivity contribution >= 4 is 17.6 Å². The van der Waals surface area contributed by atoms with Crippen LogP contribution in [0.2, 0.25) is 0 Å². The van der Waals surface area contributed by atoms with Gasteiger partial charge in [0.05, 0.1) is 0 Å². The Kier molecular flexibility index (Phi) is 9.11. The molecule has 0 saturated carbocycles. The van der Waals surface area contributed by atoms with E-state index >= 15 is 0 Å². The molecule has 1 aliphatic heterocycles. The summed E-state index contributed by atoms with van der Waals surface area (Å²) in [4.78, 5) is 24.5. The van der Waals surface area contributed by atoms with Crippen LogP contribution in [0.3, 0.4) is 0 Å². The number of para-hydroxylation sites is 1. The standard InChI is InChI=1S/C14H19FN2O.C8H10N2O/c15-13-6-2-1-5-11(13)9-12(16)10-14(18)17-7-3-4-8-17;1-9-8(11)10-7-5-3-2-4-6-7/h1-2,5-6,12H,3-4,7-10,16H2;2-6H,1H3,(H2,9,10,11)/t12-;/m1./s1. The maximum absolute atomic E-state index is 13.4. The zero-order chi connectivity index (χ0) is 21.1. The first kappa shape index (κ1) is 22.4. The molecule has 6 nitrogen and oxygen atoms in total. The van der Waals surface area contributed by atoms with Crippen molar-refractivity contribution in [2.75, 3.05) is 25.5 Å². The number of nitrogens with two attached hydrogens (primary N) is 1. The number of carbonyl (C=O) groups excluding carboxylic acids is 2. The molecule has 0 aliphatic carbocycles. The maximum Gasteiger partial charge on any atom is 0.318 e. The van der Waals surface area contributed by atoms with E-state index in [0.717, 1.165) is 31.6 Å². The Morgan fingerprint density at radius 2 is 1.69 bits per heavy atom. The SMILES string of the molecule is CNC(=O)Nc1ccccc1.N[C@@H](CC(=O)N1CCCC1)Cc1ccccc1F. The Morgan fingerprint density at radius 1 is 1.07 bits per heavy atom. The van der Waals surface area contributed by atoms with Gasteiger partial charge in [-0.15, -0.1) is 0 Å². The topological polar surface area (TPSA) is 87.5 Å². The van der Waals surface area contributed by atoms with E-state index in [9.17, 15) is 14.0 Å². The lowest BCUT2D eigenvalue weighted by molar-refractivity contribution is -0.130. The summed E-state index contributed by atoms with van der Waals surface area (Å²) in [7, 11) is 1.58. The third-order valence-corrected chi connectivity index (χ3v) is 4.59. The first-order valence-electron chi connectivity index (χ1n) is 9.80. The number of nitrogens with zero attached hydrogens (tertiary/aromatic N) is 1. The number of hydrogen-bond donors (Lipinski definition) is 3. The minimum Gasteiger partial charge on any atom is -0.343 e. The Labute approximate surface area is 171 Å². The van der Waals surface area contributed by atoms with Gasteiger partial charge in [0.15, 0.2) is 0 Å². The molecule has 2 aromatic carbocycles. The van der Waals surface area contributed by atoms with Crippen molar-refractivity contribution in [2.45, 2.75) is 31.7 Å². The van der Waals surface area contributed by atoms with Gasteiger partial charge in [0, 0.05) is 38.3 Å². The Hall–Kier alpha value is -2.93. The van der Waals surface area contributed by atoms with E-state index in [1.54, 1.807) is 25.2 Å². The van der Waals surface area contributed by atoms with Gasteiger partial charge in [-0.05, 0) is 43.0 Å². The molecule has 29 heavy (non-hydrogen) atoms. The van der Waals surface area contributed by atoms with Gasteiger partial charge in [0.2, 0.25) is 5.91 Å².